The molecule has 1 rings (SSSR count). The number of para-hydroxylation sites is 1. The molecule has 0 spiro atoms. The van der Waals surface area contributed by atoms with Crippen molar-refractivity contribution in [2.45, 2.75) is 32.0 Å². The van der Waals surface area contributed by atoms with Crippen LogP contribution >= 0.6 is 27.5 Å². The van der Waals surface area contributed by atoms with Crippen LogP contribution < -0.4 is 5.06 Å². The predicted molar refractivity (Wildman–Crippen MR) is 77.5 cm³/mol. The fourth-order valence-electron chi connectivity index (χ4n) is 1.25. The minimum atomic E-state index is -0.791. The number of rotatable bonds is 3. The van der Waals surface area contributed by atoms with Crippen molar-refractivity contribution in [1.82, 2.24) is 0 Å². The van der Waals surface area contributed by atoms with E-state index in [9.17, 15) is 10.0 Å². The van der Waals surface area contributed by atoms with Crippen LogP contribution in [-0.2, 0) is 4.79 Å². The third kappa shape index (κ3) is 2.87. The Morgan fingerprint density at radius 3 is 2.22 bits per heavy atom. The Morgan fingerprint density at radius 2 is 1.78 bits per heavy atom. The molecule has 0 fully saturated rings. The van der Waals surface area contributed by atoms with Gasteiger partial charge >= 0.3 is 0 Å². The molecule has 1 amide bonds. The Hall–Kier alpha value is -0.580. The summed E-state index contributed by atoms with van der Waals surface area (Å²) in [6, 6.07) is 6.67. The smallest absolute Gasteiger partial charge is 0.257 e. The van der Waals surface area contributed by atoms with Crippen molar-refractivity contribution in [2.24, 2.45) is 5.41 Å². The highest BCUT2D eigenvalue weighted by Crippen LogP contribution is 2.40. The van der Waals surface area contributed by atoms with Gasteiger partial charge in [-0.05, 0) is 39.8 Å². The number of carbonyl (C=O) groups excluding carboxylic acids is 1. The van der Waals surface area contributed by atoms with Crippen LogP contribution in [-0.4, -0.2) is 15.4 Å². The summed E-state index contributed by atoms with van der Waals surface area (Å²) in [5.41, 5.74) is -0.505. The van der Waals surface area contributed by atoms with Crippen LogP contribution in [0.3, 0.4) is 0 Å². The highest BCUT2D eigenvalue weighted by molar-refractivity contribution is 9.10. The summed E-state index contributed by atoms with van der Waals surface area (Å²) in [5.74, 6) is -0.419. The van der Waals surface area contributed by atoms with Crippen molar-refractivity contribution in [3.8, 4) is 0 Å². The highest BCUT2D eigenvalue weighted by Gasteiger charge is 2.44. The van der Waals surface area contributed by atoms with E-state index < -0.39 is 15.6 Å². The van der Waals surface area contributed by atoms with Gasteiger partial charge in [0.2, 0.25) is 0 Å². The number of anilines is 1. The van der Waals surface area contributed by atoms with Gasteiger partial charge in [0.1, 0.15) is 0 Å². The average molecular weight is 335 g/mol. The lowest BCUT2D eigenvalue weighted by Gasteiger charge is -2.37. The topological polar surface area (TPSA) is 40.5 Å². The first-order chi connectivity index (χ1) is 8.09. The number of hydrogen-bond donors (Lipinski definition) is 1. The molecule has 0 saturated heterocycles. The third-order valence-corrected chi connectivity index (χ3v) is 4.60. The zero-order valence-corrected chi connectivity index (χ0v) is 13.2. The predicted octanol–water partition coefficient (Wildman–Crippen LogP) is 4.26. The van der Waals surface area contributed by atoms with E-state index in [0.29, 0.717) is 10.1 Å². The van der Waals surface area contributed by atoms with E-state index in [4.69, 9.17) is 11.6 Å². The number of alkyl halides is 1. The Labute approximate surface area is 121 Å². The fourth-order valence-corrected chi connectivity index (χ4v) is 1.64. The van der Waals surface area contributed by atoms with Gasteiger partial charge in [-0.2, -0.15) is 5.06 Å². The van der Waals surface area contributed by atoms with Crippen molar-refractivity contribution in [3.05, 3.63) is 29.3 Å². The minimum Gasteiger partial charge on any atom is -0.281 e. The lowest BCUT2D eigenvalue weighted by molar-refractivity contribution is -0.133. The van der Waals surface area contributed by atoms with Crippen molar-refractivity contribution in [1.29, 1.82) is 0 Å². The van der Waals surface area contributed by atoms with Crippen LogP contribution in [0.1, 0.15) is 27.7 Å². The Bertz CT molecular complexity index is 455. The largest absolute Gasteiger partial charge is 0.281 e. The fraction of sp³-hybridized carbons (Fsp3) is 0.462. The van der Waals surface area contributed by atoms with E-state index in [1.54, 1.807) is 38.1 Å². The molecule has 100 valence electrons. The lowest BCUT2D eigenvalue weighted by Crippen LogP contribution is -2.48. The first-order valence-corrected chi connectivity index (χ1v) is 6.73. The van der Waals surface area contributed by atoms with Gasteiger partial charge in [0.05, 0.1) is 16.1 Å². The summed E-state index contributed by atoms with van der Waals surface area (Å²) in [7, 11) is 0. The molecule has 0 aliphatic heterocycles. The number of hydroxylamine groups is 1. The monoisotopic (exact) mass is 333 g/mol. The summed E-state index contributed by atoms with van der Waals surface area (Å²) in [4.78, 5) is 12.4. The highest BCUT2D eigenvalue weighted by atomic mass is 79.9. The van der Waals surface area contributed by atoms with Crippen molar-refractivity contribution >= 4 is 39.1 Å². The van der Waals surface area contributed by atoms with Crippen molar-refractivity contribution < 1.29 is 10.0 Å². The van der Waals surface area contributed by atoms with E-state index in [1.807, 2.05) is 13.8 Å². The van der Waals surface area contributed by atoms with Gasteiger partial charge < -0.3 is 0 Å². The maximum absolute atomic E-state index is 12.4. The van der Waals surface area contributed by atoms with Crippen LogP contribution in [0.2, 0.25) is 5.02 Å². The number of nitrogens with zero attached hydrogens (tertiary/aromatic N) is 1. The first-order valence-electron chi connectivity index (χ1n) is 5.56. The van der Waals surface area contributed by atoms with E-state index in [1.165, 1.54) is 0 Å². The average Bonchev–Trinajstić information content (AvgIpc) is 2.26. The van der Waals surface area contributed by atoms with Gasteiger partial charge in [-0.25, -0.2) is 0 Å². The summed E-state index contributed by atoms with van der Waals surface area (Å²) in [6.07, 6.45) is 0. The number of halogens is 2. The molecule has 0 heterocycles. The molecule has 18 heavy (non-hydrogen) atoms. The summed E-state index contributed by atoms with van der Waals surface area (Å²) in [6.45, 7) is 7.30. The lowest BCUT2D eigenvalue weighted by atomic mass is 9.80. The van der Waals surface area contributed by atoms with Crippen LogP contribution in [0.15, 0.2) is 24.3 Å². The Balaban J connectivity index is 3.10. The molecular weight excluding hydrogens is 318 g/mol. The SMILES string of the molecule is CC(C)(Br)C(C)(C)C(=O)N(O)c1ccccc1Cl. The summed E-state index contributed by atoms with van der Waals surface area (Å²) >= 11 is 9.43. The molecule has 0 radical (unpaired) electrons. The van der Waals surface area contributed by atoms with E-state index in [2.05, 4.69) is 15.9 Å². The molecule has 0 aromatic heterocycles. The minimum absolute atomic E-state index is 0.286. The number of amides is 1. The summed E-state index contributed by atoms with van der Waals surface area (Å²) < 4.78 is -0.459. The molecule has 0 aliphatic rings. The quantitative estimate of drug-likeness (QED) is 0.509. The van der Waals surface area contributed by atoms with Gasteiger partial charge in [-0.1, -0.05) is 39.7 Å². The van der Waals surface area contributed by atoms with Gasteiger partial charge in [-0.3, -0.25) is 10.0 Å². The zero-order valence-electron chi connectivity index (χ0n) is 10.9. The zero-order chi connectivity index (χ0) is 14.1. The molecule has 1 N–H and O–H groups in total. The standard InChI is InChI=1S/C13H17BrClNO2/c1-12(2,13(3,4)14)11(17)16(18)10-8-6-5-7-9(10)15/h5-8,18H,1-4H3. The van der Waals surface area contributed by atoms with E-state index in [0.717, 1.165) is 0 Å². The van der Waals surface area contributed by atoms with Gasteiger partial charge in [0.15, 0.2) is 0 Å². The van der Waals surface area contributed by atoms with Gasteiger partial charge in [0.25, 0.3) is 5.91 Å². The molecule has 0 aliphatic carbocycles. The molecule has 1 aromatic rings. The number of carbonyl (C=O) groups is 1. The second kappa shape index (κ2) is 5.19. The first kappa shape index (κ1) is 15.5. The molecule has 3 nitrogen and oxygen atoms in total. The van der Waals surface area contributed by atoms with Crippen LogP contribution in [0.5, 0.6) is 0 Å². The summed E-state index contributed by atoms with van der Waals surface area (Å²) in [5, 5.41) is 11.0. The van der Waals surface area contributed by atoms with E-state index in [-0.39, 0.29) is 5.69 Å². The van der Waals surface area contributed by atoms with Crippen LogP contribution in [0.4, 0.5) is 5.69 Å². The molecule has 0 atom stereocenters. The van der Waals surface area contributed by atoms with Gasteiger partial charge in [0, 0.05) is 4.32 Å². The second-order valence-corrected chi connectivity index (χ2v) is 7.56. The second-order valence-electron chi connectivity index (χ2n) is 5.17. The van der Waals surface area contributed by atoms with Crippen molar-refractivity contribution in [2.75, 3.05) is 5.06 Å². The van der Waals surface area contributed by atoms with Crippen LogP contribution in [0, 0.1) is 5.41 Å². The number of hydrogen-bond acceptors (Lipinski definition) is 2. The van der Waals surface area contributed by atoms with Crippen LogP contribution in [0.25, 0.3) is 0 Å². The third-order valence-electron chi connectivity index (χ3n) is 3.29. The molecule has 1 aromatic carbocycles. The maximum Gasteiger partial charge on any atom is 0.257 e. The van der Waals surface area contributed by atoms with Gasteiger partial charge in [-0.15, -0.1) is 0 Å². The molecular formula is C13H17BrClNO2. The maximum atomic E-state index is 12.4. The molecule has 0 bridgehead atoms. The molecule has 5 heteroatoms. The Kier molecular flexibility index (Phi) is 4.47. The molecule has 0 unspecified atom stereocenters. The Morgan fingerprint density at radius 1 is 1.28 bits per heavy atom. The molecule has 0 saturated carbocycles. The van der Waals surface area contributed by atoms with Crippen molar-refractivity contribution in [3.63, 3.8) is 0 Å². The van der Waals surface area contributed by atoms with E-state index >= 15 is 0 Å². The normalized spacial score (nSPS) is 12.4. The number of benzene rings is 1.